The van der Waals surface area contributed by atoms with Crippen LogP contribution in [0.2, 0.25) is 0 Å². The molecule has 0 bridgehead atoms. The van der Waals surface area contributed by atoms with Gasteiger partial charge in [0, 0.05) is 22.3 Å². The zero-order valence-corrected chi connectivity index (χ0v) is 18.2. The molecule has 0 atom stereocenters. The molecule has 6 nitrogen and oxygen atoms in total. The van der Waals surface area contributed by atoms with Crippen LogP contribution in [0.3, 0.4) is 0 Å². The van der Waals surface area contributed by atoms with Crippen LogP contribution in [0.1, 0.15) is 41.5 Å². The number of ether oxygens (including phenoxy) is 1. The first-order valence-corrected chi connectivity index (χ1v) is 9.97. The van der Waals surface area contributed by atoms with Gasteiger partial charge in [-0.1, -0.05) is 15.9 Å². The van der Waals surface area contributed by atoms with Gasteiger partial charge in [0.2, 0.25) is 0 Å². The minimum Gasteiger partial charge on any atom is -0.490 e. The Morgan fingerprint density at radius 3 is 2.39 bits per heavy atom. The first-order chi connectivity index (χ1) is 13.3. The lowest BCUT2D eigenvalue weighted by atomic mass is 10.2. The van der Waals surface area contributed by atoms with Crippen molar-refractivity contribution in [3.63, 3.8) is 0 Å². The van der Waals surface area contributed by atoms with Crippen LogP contribution in [0.5, 0.6) is 5.75 Å². The van der Waals surface area contributed by atoms with E-state index < -0.39 is 0 Å². The molecule has 0 fully saturated rings. The van der Waals surface area contributed by atoms with Crippen LogP contribution in [-0.4, -0.2) is 29.6 Å². The summed E-state index contributed by atoms with van der Waals surface area (Å²) >= 11 is 8.59. The quantitative estimate of drug-likeness (QED) is 0.561. The molecule has 0 aromatic heterocycles. The molecule has 8 heteroatoms. The van der Waals surface area contributed by atoms with Crippen LogP contribution < -0.4 is 20.7 Å². The summed E-state index contributed by atoms with van der Waals surface area (Å²) in [7, 11) is 0. The normalized spacial score (nSPS) is 10.3. The summed E-state index contributed by atoms with van der Waals surface area (Å²) in [6, 6.07) is 12.0. The van der Waals surface area contributed by atoms with Crippen molar-refractivity contribution in [2.24, 2.45) is 0 Å². The Labute approximate surface area is 178 Å². The maximum absolute atomic E-state index is 12.6. The number of carbonyl (C=O) groups is 2. The molecule has 2 rings (SSSR count). The largest absolute Gasteiger partial charge is 0.490 e. The highest BCUT2D eigenvalue weighted by Gasteiger charge is 2.16. The Morgan fingerprint density at radius 2 is 1.79 bits per heavy atom. The van der Waals surface area contributed by atoms with Crippen molar-refractivity contribution < 1.29 is 14.3 Å². The molecule has 0 aliphatic rings. The summed E-state index contributed by atoms with van der Waals surface area (Å²) in [5, 5.41) is 8.45. The number of anilines is 1. The van der Waals surface area contributed by atoms with Gasteiger partial charge in [-0.3, -0.25) is 14.9 Å². The molecular formula is C20H22BrN3O3S. The SMILES string of the molecule is CCNC(=O)c1ccc(NC(=S)NC(=O)c2cc(Br)ccc2OC(C)C)cc1. The summed E-state index contributed by atoms with van der Waals surface area (Å²) < 4.78 is 6.45. The Morgan fingerprint density at radius 1 is 1.11 bits per heavy atom. The van der Waals surface area contributed by atoms with Crippen LogP contribution >= 0.6 is 28.1 Å². The first kappa shape index (κ1) is 21.8. The minimum atomic E-state index is -0.381. The Kier molecular flexibility index (Phi) is 7.95. The molecule has 0 heterocycles. The fraction of sp³-hybridized carbons (Fsp3) is 0.250. The van der Waals surface area contributed by atoms with Crippen molar-refractivity contribution in [1.29, 1.82) is 0 Å². The molecule has 148 valence electrons. The average Bonchev–Trinajstić information content (AvgIpc) is 2.63. The maximum Gasteiger partial charge on any atom is 0.261 e. The lowest BCUT2D eigenvalue weighted by Crippen LogP contribution is -2.34. The van der Waals surface area contributed by atoms with Crippen LogP contribution in [0, 0.1) is 0 Å². The number of thiocarbonyl (C=S) groups is 1. The molecule has 0 saturated carbocycles. The van der Waals surface area contributed by atoms with E-state index in [1.807, 2.05) is 20.8 Å². The topological polar surface area (TPSA) is 79.5 Å². The number of halogens is 1. The molecule has 2 aromatic rings. The molecular weight excluding hydrogens is 442 g/mol. The molecule has 3 N–H and O–H groups in total. The van der Waals surface area contributed by atoms with Crippen molar-refractivity contribution in [3.8, 4) is 5.75 Å². The van der Waals surface area contributed by atoms with E-state index >= 15 is 0 Å². The monoisotopic (exact) mass is 463 g/mol. The van der Waals surface area contributed by atoms with Gasteiger partial charge < -0.3 is 15.4 Å². The van der Waals surface area contributed by atoms with Gasteiger partial charge in [0.1, 0.15) is 5.75 Å². The van der Waals surface area contributed by atoms with Crippen molar-refractivity contribution in [1.82, 2.24) is 10.6 Å². The number of hydrogen-bond acceptors (Lipinski definition) is 4. The summed E-state index contributed by atoms with van der Waals surface area (Å²) in [5.74, 6) is -0.0459. The van der Waals surface area contributed by atoms with E-state index in [9.17, 15) is 9.59 Å². The van der Waals surface area contributed by atoms with Gasteiger partial charge in [0.05, 0.1) is 11.7 Å². The van der Waals surface area contributed by atoms with E-state index in [-0.39, 0.29) is 23.0 Å². The molecule has 0 saturated heterocycles. The van der Waals surface area contributed by atoms with E-state index in [0.717, 1.165) is 4.47 Å². The second-order valence-corrected chi connectivity index (χ2v) is 7.48. The zero-order chi connectivity index (χ0) is 20.7. The van der Waals surface area contributed by atoms with Gasteiger partial charge in [0.25, 0.3) is 11.8 Å². The van der Waals surface area contributed by atoms with E-state index in [1.54, 1.807) is 42.5 Å². The van der Waals surface area contributed by atoms with Gasteiger partial charge in [-0.05, 0) is 75.5 Å². The van der Waals surface area contributed by atoms with Crippen LogP contribution in [0.15, 0.2) is 46.9 Å². The fourth-order valence-electron chi connectivity index (χ4n) is 2.34. The van der Waals surface area contributed by atoms with Crippen LogP contribution in [0.25, 0.3) is 0 Å². The predicted octanol–water partition coefficient (Wildman–Crippen LogP) is 4.11. The number of hydrogen-bond donors (Lipinski definition) is 3. The van der Waals surface area contributed by atoms with Gasteiger partial charge in [-0.25, -0.2) is 0 Å². The minimum absolute atomic E-state index is 0.0683. The van der Waals surface area contributed by atoms with Gasteiger partial charge in [-0.15, -0.1) is 0 Å². The van der Waals surface area contributed by atoms with Crippen LogP contribution in [0.4, 0.5) is 5.69 Å². The van der Waals surface area contributed by atoms with Crippen molar-refractivity contribution in [2.45, 2.75) is 26.9 Å². The molecule has 2 aromatic carbocycles. The average molecular weight is 464 g/mol. The second kappa shape index (κ2) is 10.2. The van der Waals surface area contributed by atoms with E-state index in [0.29, 0.717) is 29.1 Å². The molecule has 2 amide bonds. The van der Waals surface area contributed by atoms with Gasteiger partial charge in [0.15, 0.2) is 5.11 Å². The third kappa shape index (κ3) is 6.31. The summed E-state index contributed by atoms with van der Waals surface area (Å²) in [6.07, 6.45) is -0.0683. The lowest BCUT2D eigenvalue weighted by molar-refractivity contribution is 0.0952. The van der Waals surface area contributed by atoms with E-state index in [4.69, 9.17) is 17.0 Å². The lowest BCUT2D eigenvalue weighted by Gasteiger charge is -2.15. The highest BCUT2D eigenvalue weighted by atomic mass is 79.9. The van der Waals surface area contributed by atoms with Crippen molar-refractivity contribution in [3.05, 3.63) is 58.1 Å². The highest BCUT2D eigenvalue weighted by molar-refractivity contribution is 9.10. The Bertz CT molecular complexity index is 869. The second-order valence-electron chi connectivity index (χ2n) is 6.15. The molecule has 0 radical (unpaired) electrons. The molecule has 0 aliphatic heterocycles. The number of benzene rings is 2. The predicted molar refractivity (Wildman–Crippen MR) is 118 cm³/mol. The number of amides is 2. The van der Waals surface area contributed by atoms with Crippen LogP contribution in [-0.2, 0) is 0 Å². The first-order valence-electron chi connectivity index (χ1n) is 8.77. The third-order valence-electron chi connectivity index (χ3n) is 3.52. The van der Waals surface area contributed by atoms with Crippen molar-refractivity contribution in [2.75, 3.05) is 11.9 Å². The number of rotatable bonds is 6. The summed E-state index contributed by atoms with van der Waals surface area (Å²) in [6.45, 7) is 6.20. The van der Waals surface area contributed by atoms with E-state index in [2.05, 4.69) is 31.9 Å². The summed E-state index contributed by atoms with van der Waals surface area (Å²) in [4.78, 5) is 24.4. The van der Waals surface area contributed by atoms with E-state index in [1.165, 1.54) is 0 Å². The molecule has 28 heavy (non-hydrogen) atoms. The molecule has 0 spiro atoms. The van der Waals surface area contributed by atoms with Gasteiger partial charge >= 0.3 is 0 Å². The molecule has 0 unspecified atom stereocenters. The standard InChI is InChI=1S/C20H22BrN3O3S/c1-4-22-18(25)13-5-8-15(9-6-13)23-20(28)24-19(26)16-11-14(21)7-10-17(16)27-12(2)3/h5-12H,4H2,1-3H3,(H,22,25)(H2,23,24,26,28). The fourth-order valence-corrected chi connectivity index (χ4v) is 2.91. The smallest absolute Gasteiger partial charge is 0.261 e. The summed E-state index contributed by atoms with van der Waals surface area (Å²) in [5.41, 5.74) is 1.58. The zero-order valence-electron chi connectivity index (χ0n) is 15.8. The third-order valence-corrected chi connectivity index (χ3v) is 4.22. The molecule has 0 aliphatic carbocycles. The highest BCUT2D eigenvalue weighted by Crippen LogP contribution is 2.24. The number of carbonyl (C=O) groups excluding carboxylic acids is 2. The number of nitrogens with one attached hydrogen (secondary N) is 3. The van der Waals surface area contributed by atoms with Crippen molar-refractivity contribution >= 4 is 50.8 Å². The van der Waals surface area contributed by atoms with Gasteiger partial charge in [-0.2, -0.15) is 0 Å². The Balaban J connectivity index is 2.04. The maximum atomic E-state index is 12.6. The Hall–Kier alpha value is -2.45.